The standard InChI is InChI=1S/C3H8NO4PS/c4-2(3(5)6)1-9(7,8)10/h2H,1,4H2,(H,5,6)(H2,7,8,10)/t2-/m1/s1. The molecule has 0 aliphatic rings. The SMILES string of the molecule is N[C@H](CP(O)(O)=S)C(=O)O. The van der Waals surface area contributed by atoms with Gasteiger partial charge in [-0.05, 0) is 11.8 Å². The Balaban J connectivity index is 3.93. The van der Waals surface area contributed by atoms with Crippen molar-refractivity contribution >= 4 is 24.3 Å². The second-order valence-corrected chi connectivity index (χ2v) is 5.24. The van der Waals surface area contributed by atoms with Crippen molar-refractivity contribution in [3.8, 4) is 0 Å². The molecular weight excluding hydrogens is 177 g/mol. The van der Waals surface area contributed by atoms with Crippen molar-refractivity contribution in [1.82, 2.24) is 0 Å². The summed E-state index contributed by atoms with van der Waals surface area (Å²) < 4.78 is 0. The van der Waals surface area contributed by atoms with Crippen LogP contribution in [-0.2, 0) is 16.6 Å². The van der Waals surface area contributed by atoms with Crippen molar-refractivity contribution in [3.05, 3.63) is 0 Å². The van der Waals surface area contributed by atoms with Gasteiger partial charge in [0.25, 0.3) is 0 Å². The van der Waals surface area contributed by atoms with Gasteiger partial charge in [0.2, 0.25) is 0 Å². The van der Waals surface area contributed by atoms with Gasteiger partial charge in [-0.2, -0.15) is 0 Å². The van der Waals surface area contributed by atoms with E-state index in [-0.39, 0.29) is 0 Å². The Morgan fingerprint density at radius 3 is 2.20 bits per heavy atom. The average Bonchev–Trinajstić information content (AvgIpc) is 1.60. The summed E-state index contributed by atoms with van der Waals surface area (Å²) in [6.07, 6.45) is -0.447. The Kier molecular flexibility index (Phi) is 3.41. The van der Waals surface area contributed by atoms with E-state index < -0.39 is 24.7 Å². The highest BCUT2D eigenvalue weighted by atomic mass is 32.5. The van der Waals surface area contributed by atoms with Gasteiger partial charge in [0.15, 0.2) is 6.49 Å². The normalized spacial score (nSPS) is 14.7. The van der Waals surface area contributed by atoms with Crippen molar-refractivity contribution in [3.63, 3.8) is 0 Å². The van der Waals surface area contributed by atoms with Crippen LogP contribution in [0, 0.1) is 0 Å². The van der Waals surface area contributed by atoms with Crippen LogP contribution in [-0.4, -0.2) is 33.1 Å². The number of carboxylic acids is 1. The van der Waals surface area contributed by atoms with E-state index in [0.717, 1.165) is 0 Å². The van der Waals surface area contributed by atoms with Gasteiger partial charge in [0.05, 0.1) is 0 Å². The minimum atomic E-state index is -3.45. The molecule has 0 aliphatic heterocycles. The van der Waals surface area contributed by atoms with Crippen LogP contribution < -0.4 is 5.73 Å². The second kappa shape index (κ2) is 3.41. The molecule has 0 spiro atoms. The van der Waals surface area contributed by atoms with Gasteiger partial charge >= 0.3 is 5.97 Å². The number of nitrogens with two attached hydrogens (primary N) is 1. The molecule has 0 saturated carbocycles. The van der Waals surface area contributed by atoms with Gasteiger partial charge in [-0.1, -0.05) is 0 Å². The lowest BCUT2D eigenvalue weighted by atomic mass is 10.4. The third-order valence-corrected chi connectivity index (χ3v) is 2.07. The fourth-order valence-electron chi connectivity index (χ4n) is 0.334. The third-order valence-electron chi connectivity index (χ3n) is 0.752. The summed E-state index contributed by atoms with van der Waals surface area (Å²) in [6.45, 7) is -3.45. The van der Waals surface area contributed by atoms with Gasteiger partial charge in [0, 0.05) is 6.16 Å². The van der Waals surface area contributed by atoms with Crippen molar-refractivity contribution in [2.75, 3.05) is 6.16 Å². The van der Waals surface area contributed by atoms with Crippen molar-refractivity contribution < 1.29 is 19.7 Å². The van der Waals surface area contributed by atoms with Crippen LogP contribution in [0.3, 0.4) is 0 Å². The fraction of sp³-hybridized carbons (Fsp3) is 0.667. The summed E-state index contributed by atoms with van der Waals surface area (Å²) >= 11 is 4.16. The van der Waals surface area contributed by atoms with Crippen LogP contribution in [0.15, 0.2) is 0 Å². The Hall–Kier alpha value is 0. The van der Waals surface area contributed by atoms with E-state index in [1.54, 1.807) is 0 Å². The maximum Gasteiger partial charge on any atom is 0.321 e. The lowest BCUT2D eigenvalue weighted by molar-refractivity contribution is -0.138. The molecule has 5 N–H and O–H groups in total. The molecule has 5 nitrogen and oxygen atoms in total. The number of carbonyl (C=O) groups is 1. The number of carboxylic acid groups (broad SMARTS) is 1. The predicted octanol–water partition coefficient (Wildman–Crippen LogP) is -1.31. The van der Waals surface area contributed by atoms with Crippen LogP contribution in [0.1, 0.15) is 0 Å². The first-order valence-corrected chi connectivity index (χ1v) is 5.25. The van der Waals surface area contributed by atoms with Crippen molar-refractivity contribution in [1.29, 1.82) is 0 Å². The van der Waals surface area contributed by atoms with Gasteiger partial charge in [-0.15, -0.1) is 0 Å². The van der Waals surface area contributed by atoms with Gasteiger partial charge in [-0.25, -0.2) is 0 Å². The van der Waals surface area contributed by atoms with Gasteiger partial charge in [-0.3, -0.25) is 4.79 Å². The number of hydrogen-bond acceptors (Lipinski definition) is 3. The van der Waals surface area contributed by atoms with E-state index in [2.05, 4.69) is 11.8 Å². The minimum Gasteiger partial charge on any atom is -0.480 e. The Morgan fingerprint density at radius 1 is 1.70 bits per heavy atom. The number of rotatable bonds is 3. The number of hydrogen-bond donors (Lipinski definition) is 4. The second-order valence-electron chi connectivity index (χ2n) is 1.79. The average molecular weight is 185 g/mol. The predicted molar refractivity (Wildman–Crippen MR) is 39.2 cm³/mol. The molecule has 0 saturated heterocycles. The molecule has 0 unspecified atom stereocenters. The molecule has 0 bridgehead atoms. The Bertz CT molecular complexity index is 177. The summed E-state index contributed by atoms with van der Waals surface area (Å²) in [5.74, 6) is -1.28. The maximum absolute atomic E-state index is 10.0. The van der Waals surface area contributed by atoms with Gasteiger partial charge in [0.1, 0.15) is 6.04 Å². The monoisotopic (exact) mass is 185 g/mol. The smallest absolute Gasteiger partial charge is 0.321 e. The van der Waals surface area contributed by atoms with Crippen molar-refractivity contribution in [2.24, 2.45) is 5.73 Å². The molecule has 7 heteroatoms. The highest BCUT2D eigenvalue weighted by molar-refractivity contribution is 8.09. The zero-order valence-electron chi connectivity index (χ0n) is 4.97. The fourth-order valence-corrected chi connectivity index (χ4v) is 1.48. The molecule has 0 heterocycles. The molecule has 60 valence electrons. The first-order chi connectivity index (χ1) is 4.33. The van der Waals surface area contributed by atoms with Crippen LogP contribution in [0.5, 0.6) is 0 Å². The quantitative estimate of drug-likeness (QED) is 0.407. The zero-order chi connectivity index (χ0) is 8.36. The Morgan fingerprint density at radius 2 is 2.10 bits per heavy atom. The molecule has 0 aromatic heterocycles. The minimum absolute atomic E-state index is 0.447. The summed E-state index contributed by atoms with van der Waals surface area (Å²) in [6, 6.07) is -1.28. The van der Waals surface area contributed by atoms with E-state index in [4.69, 9.17) is 20.6 Å². The molecule has 1 atom stereocenters. The van der Waals surface area contributed by atoms with E-state index in [9.17, 15) is 4.79 Å². The van der Waals surface area contributed by atoms with E-state index >= 15 is 0 Å². The molecule has 0 aromatic rings. The molecule has 10 heavy (non-hydrogen) atoms. The molecule has 0 aromatic carbocycles. The highest BCUT2D eigenvalue weighted by Gasteiger charge is 2.19. The third kappa shape index (κ3) is 4.84. The maximum atomic E-state index is 10.0. The molecule has 0 amide bonds. The van der Waals surface area contributed by atoms with E-state index in [1.807, 2.05) is 0 Å². The van der Waals surface area contributed by atoms with E-state index in [0.29, 0.717) is 0 Å². The number of aliphatic carboxylic acids is 1. The van der Waals surface area contributed by atoms with Crippen LogP contribution in [0.25, 0.3) is 0 Å². The summed E-state index contributed by atoms with van der Waals surface area (Å²) in [5.41, 5.74) is 4.94. The topological polar surface area (TPSA) is 104 Å². The van der Waals surface area contributed by atoms with Gasteiger partial charge < -0.3 is 20.6 Å². The zero-order valence-corrected chi connectivity index (χ0v) is 6.68. The first-order valence-electron chi connectivity index (χ1n) is 2.36. The molecule has 0 aliphatic carbocycles. The molecule has 0 fully saturated rings. The Labute approximate surface area is 62.6 Å². The molecule has 0 radical (unpaired) electrons. The largest absolute Gasteiger partial charge is 0.480 e. The van der Waals surface area contributed by atoms with Crippen LogP contribution >= 0.6 is 6.49 Å². The highest BCUT2D eigenvalue weighted by Crippen LogP contribution is 2.34. The summed E-state index contributed by atoms with van der Waals surface area (Å²) in [4.78, 5) is 27.2. The lowest BCUT2D eigenvalue weighted by Gasteiger charge is -2.09. The van der Waals surface area contributed by atoms with E-state index in [1.165, 1.54) is 0 Å². The van der Waals surface area contributed by atoms with Crippen molar-refractivity contribution in [2.45, 2.75) is 6.04 Å². The molecular formula is C3H8NO4PS. The summed E-state index contributed by atoms with van der Waals surface area (Å²) in [5, 5.41) is 8.17. The lowest BCUT2D eigenvalue weighted by Crippen LogP contribution is -2.33. The summed E-state index contributed by atoms with van der Waals surface area (Å²) in [7, 11) is 0. The van der Waals surface area contributed by atoms with Crippen LogP contribution in [0.4, 0.5) is 0 Å². The molecule has 0 rings (SSSR count). The first kappa shape index (κ1) is 10.0. The van der Waals surface area contributed by atoms with Crippen LogP contribution in [0.2, 0.25) is 0 Å².